The number of nitrogens with one attached hydrogen (secondary N) is 1. The van der Waals surface area contributed by atoms with Crippen molar-refractivity contribution < 1.29 is 13.2 Å². The number of anilines is 1. The highest BCUT2D eigenvalue weighted by molar-refractivity contribution is 8.13. The van der Waals surface area contributed by atoms with Gasteiger partial charge >= 0.3 is 0 Å². The van der Waals surface area contributed by atoms with Crippen LogP contribution in [-0.4, -0.2) is 14.3 Å². The van der Waals surface area contributed by atoms with Crippen molar-refractivity contribution in [2.45, 2.75) is 4.90 Å². The molecule has 0 saturated carbocycles. The number of amides is 1. The van der Waals surface area contributed by atoms with Crippen LogP contribution < -0.4 is 5.32 Å². The molecule has 2 aromatic rings. The molecule has 0 aliphatic rings. The van der Waals surface area contributed by atoms with E-state index in [2.05, 4.69) is 5.32 Å². The third-order valence-electron chi connectivity index (χ3n) is 2.45. The van der Waals surface area contributed by atoms with Gasteiger partial charge in [-0.2, -0.15) is 0 Å². The maximum Gasteiger partial charge on any atom is 0.261 e. The first-order chi connectivity index (χ1) is 9.36. The van der Waals surface area contributed by atoms with Crippen LogP contribution in [0.2, 0.25) is 5.02 Å². The minimum absolute atomic E-state index is 0.112. The van der Waals surface area contributed by atoms with Crippen molar-refractivity contribution in [3.05, 3.63) is 59.1 Å². The summed E-state index contributed by atoms with van der Waals surface area (Å²) in [5, 5.41) is 2.74. The van der Waals surface area contributed by atoms with E-state index in [1.54, 1.807) is 24.3 Å². The molecular formula is C13H9Cl2NO3S. The number of para-hydroxylation sites is 1. The van der Waals surface area contributed by atoms with Gasteiger partial charge in [0.25, 0.3) is 15.0 Å². The predicted octanol–water partition coefficient (Wildman–Crippen LogP) is 3.52. The number of carbonyl (C=O) groups excluding carboxylic acids is 1. The fourth-order valence-electron chi connectivity index (χ4n) is 1.56. The maximum absolute atomic E-state index is 12.0. The van der Waals surface area contributed by atoms with Crippen molar-refractivity contribution >= 4 is 42.9 Å². The van der Waals surface area contributed by atoms with Gasteiger partial charge in [0, 0.05) is 27.0 Å². The molecule has 0 aromatic heterocycles. The Hall–Kier alpha value is -1.56. The summed E-state index contributed by atoms with van der Waals surface area (Å²) in [5.74, 6) is -0.472. The van der Waals surface area contributed by atoms with Crippen molar-refractivity contribution in [3.8, 4) is 0 Å². The highest BCUT2D eigenvalue weighted by atomic mass is 35.7. The summed E-state index contributed by atoms with van der Waals surface area (Å²) in [6, 6.07) is 12.5. The van der Waals surface area contributed by atoms with Crippen molar-refractivity contribution in [2.75, 3.05) is 5.32 Å². The Kier molecular flexibility index (Phi) is 4.32. The Morgan fingerprint density at radius 2 is 1.70 bits per heavy atom. The van der Waals surface area contributed by atoms with Gasteiger partial charge in [0.05, 0.1) is 4.90 Å². The second-order valence-electron chi connectivity index (χ2n) is 3.93. The van der Waals surface area contributed by atoms with Crippen LogP contribution in [0.1, 0.15) is 10.4 Å². The Morgan fingerprint density at radius 1 is 1.05 bits per heavy atom. The van der Waals surface area contributed by atoms with Gasteiger partial charge in [-0.1, -0.05) is 29.8 Å². The van der Waals surface area contributed by atoms with Crippen LogP contribution in [-0.2, 0) is 9.05 Å². The van der Waals surface area contributed by atoms with E-state index in [1.165, 1.54) is 18.2 Å². The smallest absolute Gasteiger partial charge is 0.261 e. The highest BCUT2D eigenvalue weighted by Gasteiger charge is 2.15. The minimum Gasteiger partial charge on any atom is -0.322 e. The van der Waals surface area contributed by atoms with Gasteiger partial charge in [0.15, 0.2) is 0 Å². The number of hydrogen-bond acceptors (Lipinski definition) is 3. The summed E-state index contributed by atoms with van der Waals surface area (Å²) < 4.78 is 22.6. The molecule has 1 amide bonds. The Labute approximate surface area is 125 Å². The largest absolute Gasteiger partial charge is 0.322 e. The molecule has 0 aliphatic carbocycles. The van der Waals surface area contributed by atoms with Gasteiger partial charge in [-0.05, 0) is 30.3 Å². The summed E-state index contributed by atoms with van der Waals surface area (Å²) in [4.78, 5) is 11.8. The van der Waals surface area contributed by atoms with E-state index in [4.69, 9.17) is 22.3 Å². The lowest BCUT2D eigenvalue weighted by Gasteiger charge is -2.06. The first-order valence-corrected chi connectivity index (χ1v) is 8.16. The van der Waals surface area contributed by atoms with Gasteiger partial charge in [-0.3, -0.25) is 4.79 Å². The minimum atomic E-state index is -3.95. The lowest BCUT2D eigenvalue weighted by molar-refractivity contribution is 0.102. The molecule has 0 spiro atoms. The predicted molar refractivity (Wildman–Crippen MR) is 78.9 cm³/mol. The molecule has 0 heterocycles. The Balaban J connectivity index is 2.33. The van der Waals surface area contributed by atoms with Crippen LogP contribution in [0.5, 0.6) is 0 Å². The average Bonchev–Trinajstić information content (AvgIpc) is 2.38. The van der Waals surface area contributed by atoms with Crippen LogP contribution >= 0.6 is 22.3 Å². The number of hydrogen-bond donors (Lipinski definition) is 1. The van der Waals surface area contributed by atoms with Crippen molar-refractivity contribution in [3.63, 3.8) is 0 Å². The first kappa shape index (κ1) is 14.8. The van der Waals surface area contributed by atoms with Gasteiger partial charge in [0.1, 0.15) is 0 Å². The molecule has 1 N–H and O–H groups in total. The van der Waals surface area contributed by atoms with E-state index in [-0.39, 0.29) is 15.5 Å². The molecule has 20 heavy (non-hydrogen) atoms. The fourth-order valence-corrected chi connectivity index (χ4v) is 2.66. The molecule has 0 radical (unpaired) electrons. The lowest BCUT2D eigenvalue weighted by Crippen LogP contribution is -2.12. The summed E-state index contributed by atoms with van der Waals surface area (Å²) >= 11 is 5.80. The van der Waals surface area contributed by atoms with Gasteiger partial charge in [-0.25, -0.2) is 8.42 Å². The Bertz CT molecular complexity index is 745. The van der Waals surface area contributed by atoms with Crippen molar-refractivity contribution in [1.29, 1.82) is 0 Å². The second-order valence-corrected chi connectivity index (χ2v) is 6.94. The van der Waals surface area contributed by atoms with E-state index in [1.807, 2.05) is 6.07 Å². The topological polar surface area (TPSA) is 63.2 Å². The zero-order valence-corrected chi connectivity index (χ0v) is 12.3. The number of halogens is 2. The third kappa shape index (κ3) is 3.72. The summed E-state index contributed by atoms with van der Waals surface area (Å²) in [5.41, 5.74) is 0.702. The SMILES string of the molecule is O=C(Nc1ccccc1)c1cc(Cl)cc(S(=O)(=O)Cl)c1. The molecule has 0 bridgehead atoms. The lowest BCUT2D eigenvalue weighted by atomic mass is 10.2. The quantitative estimate of drug-likeness (QED) is 0.876. The molecule has 7 heteroatoms. The van der Waals surface area contributed by atoms with E-state index in [0.717, 1.165) is 0 Å². The van der Waals surface area contributed by atoms with Crippen molar-refractivity contribution in [1.82, 2.24) is 0 Å². The van der Waals surface area contributed by atoms with Crippen LogP contribution in [0.4, 0.5) is 5.69 Å². The fraction of sp³-hybridized carbons (Fsp3) is 0. The third-order valence-corrected chi connectivity index (χ3v) is 4.00. The summed E-state index contributed by atoms with van der Waals surface area (Å²) in [6.07, 6.45) is 0. The monoisotopic (exact) mass is 329 g/mol. The zero-order valence-electron chi connectivity index (χ0n) is 10.0. The second kappa shape index (κ2) is 5.83. The number of rotatable bonds is 3. The molecule has 0 aliphatic heterocycles. The van der Waals surface area contributed by atoms with Crippen LogP contribution in [0.15, 0.2) is 53.4 Å². The Morgan fingerprint density at radius 3 is 2.30 bits per heavy atom. The van der Waals surface area contributed by atoms with Crippen LogP contribution in [0.3, 0.4) is 0 Å². The molecule has 0 fully saturated rings. The van der Waals surface area contributed by atoms with E-state index in [9.17, 15) is 13.2 Å². The first-order valence-electron chi connectivity index (χ1n) is 5.48. The molecule has 0 unspecified atom stereocenters. The normalized spacial score (nSPS) is 11.1. The molecule has 2 aromatic carbocycles. The molecule has 0 atom stereocenters. The number of carbonyl (C=O) groups is 1. The average molecular weight is 330 g/mol. The summed E-state index contributed by atoms with van der Waals surface area (Å²) in [7, 11) is 1.30. The van der Waals surface area contributed by atoms with Gasteiger partial charge in [0.2, 0.25) is 0 Å². The van der Waals surface area contributed by atoms with Gasteiger partial charge in [-0.15, -0.1) is 0 Å². The standard InChI is InChI=1S/C13H9Cl2NO3S/c14-10-6-9(7-12(8-10)20(15,18)19)13(17)16-11-4-2-1-3-5-11/h1-8H,(H,16,17). The van der Waals surface area contributed by atoms with E-state index in [0.29, 0.717) is 5.69 Å². The molecule has 0 saturated heterocycles. The number of benzene rings is 2. The molecular weight excluding hydrogens is 321 g/mol. The highest BCUT2D eigenvalue weighted by Crippen LogP contribution is 2.22. The van der Waals surface area contributed by atoms with E-state index >= 15 is 0 Å². The van der Waals surface area contributed by atoms with Crippen LogP contribution in [0, 0.1) is 0 Å². The molecule has 104 valence electrons. The van der Waals surface area contributed by atoms with E-state index < -0.39 is 15.0 Å². The van der Waals surface area contributed by atoms with Gasteiger partial charge < -0.3 is 5.32 Å². The zero-order chi connectivity index (χ0) is 14.8. The van der Waals surface area contributed by atoms with Crippen LogP contribution in [0.25, 0.3) is 0 Å². The maximum atomic E-state index is 12.0. The van der Waals surface area contributed by atoms with Crippen molar-refractivity contribution in [2.24, 2.45) is 0 Å². The molecule has 2 rings (SSSR count). The summed E-state index contributed by atoms with van der Waals surface area (Å²) in [6.45, 7) is 0. The molecule has 4 nitrogen and oxygen atoms in total.